The molecule has 0 aromatic heterocycles. The van der Waals surface area contributed by atoms with Crippen molar-refractivity contribution in [2.24, 2.45) is 0 Å². The molecule has 0 radical (unpaired) electrons. The highest BCUT2D eigenvalue weighted by atomic mass is 16.5. The van der Waals surface area contributed by atoms with Crippen LogP contribution in [0.3, 0.4) is 0 Å². The summed E-state index contributed by atoms with van der Waals surface area (Å²) < 4.78 is 11.6. The van der Waals surface area contributed by atoms with Crippen molar-refractivity contribution < 1.29 is 9.47 Å². The summed E-state index contributed by atoms with van der Waals surface area (Å²) in [7, 11) is 0. The van der Waals surface area contributed by atoms with E-state index in [1.54, 1.807) is 0 Å². The van der Waals surface area contributed by atoms with E-state index in [9.17, 15) is 0 Å². The fourth-order valence-corrected chi connectivity index (χ4v) is 3.00. The van der Waals surface area contributed by atoms with Crippen molar-refractivity contribution in [1.82, 2.24) is 5.32 Å². The van der Waals surface area contributed by atoms with Crippen LogP contribution in [-0.2, 0) is 6.54 Å². The predicted molar refractivity (Wildman–Crippen MR) is 93.0 cm³/mol. The number of ether oxygens (including phenoxy) is 2. The molecule has 23 heavy (non-hydrogen) atoms. The minimum Gasteiger partial charge on any atom is -0.490 e. The molecule has 0 saturated heterocycles. The monoisotopic (exact) mass is 311 g/mol. The van der Waals surface area contributed by atoms with Crippen molar-refractivity contribution in [3.05, 3.63) is 60.2 Å². The van der Waals surface area contributed by atoms with Gasteiger partial charge in [-0.2, -0.15) is 0 Å². The Morgan fingerprint density at radius 3 is 2.35 bits per heavy atom. The molecule has 1 aliphatic carbocycles. The van der Waals surface area contributed by atoms with Gasteiger partial charge < -0.3 is 14.8 Å². The summed E-state index contributed by atoms with van der Waals surface area (Å²) in [6.07, 6.45) is 5.31. The summed E-state index contributed by atoms with van der Waals surface area (Å²) in [5.74, 6) is 1.84. The Morgan fingerprint density at radius 2 is 1.52 bits per heavy atom. The molecule has 0 unspecified atom stereocenters. The third-order valence-electron chi connectivity index (χ3n) is 4.26. The Labute approximate surface area is 138 Å². The Kier molecular flexibility index (Phi) is 5.93. The zero-order valence-electron chi connectivity index (χ0n) is 13.5. The number of nitrogens with one attached hydrogen (secondary N) is 1. The second kappa shape index (κ2) is 8.59. The molecular formula is C20H25NO2. The standard InChI is InChI=1S/C20H25NO2/c1-2-11-19(12-3-1)22-14-15-23-20-13-7-4-8-17(20)16-21-18-9-5-6-10-18/h1-4,7-8,11-13,18,21H,5-6,9-10,14-16H2. The van der Waals surface area contributed by atoms with E-state index in [4.69, 9.17) is 9.47 Å². The van der Waals surface area contributed by atoms with Crippen molar-refractivity contribution >= 4 is 0 Å². The van der Waals surface area contributed by atoms with Crippen molar-refractivity contribution in [3.63, 3.8) is 0 Å². The van der Waals surface area contributed by atoms with Crippen LogP contribution in [0.15, 0.2) is 54.6 Å². The third-order valence-corrected chi connectivity index (χ3v) is 4.26. The van der Waals surface area contributed by atoms with Gasteiger partial charge in [-0.25, -0.2) is 0 Å². The van der Waals surface area contributed by atoms with E-state index in [0.29, 0.717) is 19.3 Å². The molecule has 1 saturated carbocycles. The molecule has 0 spiro atoms. The molecule has 2 aromatic rings. The lowest BCUT2D eigenvalue weighted by atomic mass is 10.1. The van der Waals surface area contributed by atoms with E-state index in [0.717, 1.165) is 18.0 Å². The average Bonchev–Trinajstić information content (AvgIpc) is 3.12. The van der Waals surface area contributed by atoms with Crippen molar-refractivity contribution in [3.8, 4) is 11.5 Å². The lowest BCUT2D eigenvalue weighted by Crippen LogP contribution is -2.25. The normalized spacial score (nSPS) is 14.8. The number of hydrogen-bond donors (Lipinski definition) is 1. The van der Waals surface area contributed by atoms with Crippen LogP contribution in [0.5, 0.6) is 11.5 Å². The maximum absolute atomic E-state index is 5.91. The Balaban J connectivity index is 1.45. The zero-order chi connectivity index (χ0) is 15.7. The Bertz CT molecular complexity index is 579. The first kappa shape index (κ1) is 15.9. The maximum Gasteiger partial charge on any atom is 0.123 e. The SMILES string of the molecule is c1ccc(OCCOc2ccccc2CNC2CCCC2)cc1. The predicted octanol–water partition coefficient (Wildman–Crippen LogP) is 4.18. The van der Waals surface area contributed by atoms with E-state index in [1.165, 1.54) is 31.2 Å². The van der Waals surface area contributed by atoms with Gasteiger partial charge in [0.1, 0.15) is 24.7 Å². The van der Waals surface area contributed by atoms with Gasteiger partial charge in [0.15, 0.2) is 0 Å². The molecule has 122 valence electrons. The van der Waals surface area contributed by atoms with Crippen LogP contribution in [0.2, 0.25) is 0 Å². The van der Waals surface area contributed by atoms with Gasteiger partial charge in [0.05, 0.1) is 0 Å². The van der Waals surface area contributed by atoms with Gasteiger partial charge in [-0.1, -0.05) is 49.2 Å². The maximum atomic E-state index is 5.91. The van der Waals surface area contributed by atoms with Crippen molar-refractivity contribution in [2.45, 2.75) is 38.3 Å². The summed E-state index contributed by atoms with van der Waals surface area (Å²) in [4.78, 5) is 0. The summed E-state index contributed by atoms with van der Waals surface area (Å²) >= 11 is 0. The second-order valence-electron chi connectivity index (χ2n) is 5.98. The van der Waals surface area contributed by atoms with Crippen LogP contribution in [0.25, 0.3) is 0 Å². The molecule has 0 aliphatic heterocycles. The molecule has 1 aliphatic rings. The van der Waals surface area contributed by atoms with E-state index in [-0.39, 0.29) is 0 Å². The van der Waals surface area contributed by atoms with Gasteiger partial charge in [0, 0.05) is 18.2 Å². The molecular weight excluding hydrogens is 286 g/mol. The van der Waals surface area contributed by atoms with Gasteiger partial charge in [-0.3, -0.25) is 0 Å². The van der Waals surface area contributed by atoms with Gasteiger partial charge in [0.25, 0.3) is 0 Å². The first-order valence-corrected chi connectivity index (χ1v) is 8.54. The van der Waals surface area contributed by atoms with Gasteiger partial charge in [0.2, 0.25) is 0 Å². The summed E-state index contributed by atoms with van der Waals surface area (Å²) in [6.45, 7) is 1.98. The molecule has 3 nitrogen and oxygen atoms in total. The molecule has 0 atom stereocenters. The largest absolute Gasteiger partial charge is 0.490 e. The van der Waals surface area contributed by atoms with Crippen molar-refractivity contribution in [2.75, 3.05) is 13.2 Å². The Hall–Kier alpha value is -2.00. The molecule has 0 heterocycles. The second-order valence-corrected chi connectivity index (χ2v) is 5.98. The van der Waals surface area contributed by atoms with Crippen LogP contribution >= 0.6 is 0 Å². The van der Waals surface area contributed by atoms with Crippen LogP contribution in [0.4, 0.5) is 0 Å². The lowest BCUT2D eigenvalue weighted by molar-refractivity contribution is 0.215. The van der Waals surface area contributed by atoms with E-state index in [1.807, 2.05) is 42.5 Å². The molecule has 1 N–H and O–H groups in total. The third kappa shape index (κ3) is 5.00. The van der Waals surface area contributed by atoms with E-state index >= 15 is 0 Å². The average molecular weight is 311 g/mol. The molecule has 3 rings (SSSR count). The minimum atomic E-state index is 0.550. The Morgan fingerprint density at radius 1 is 0.826 bits per heavy atom. The molecule has 1 fully saturated rings. The highest BCUT2D eigenvalue weighted by molar-refractivity contribution is 5.33. The summed E-state index contributed by atoms with van der Waals surface area (Å²) in [5, 5.41) is 3.64. The number of benzene rings is 2. The number of rotatable bonds is 8. The quantitative estimate of drug-likeness (QED) is 0.742. The van der Waals surface area contributed by atoms with Gasteiger partial charge in [-0.05, 0) is 31.0 Å². The zero-order valence-corrected chi connectivity index (χ0v) is 13.5. The molecule has 0 bridgehead atoms. The number of hydrogen-bond acceptors (Lipinski definition) is 3. The summed E-state index contributed by atoms with van der Waals surface area (Å²) in [5.41, 5.74) is 1.22. The lowest BCUT2D eigenvalue weighted by Gasteiger charge is -2.15. The molecule has 2 aromatic carbocycles. The number of para-hydroxylation sites is 2. The van der Waals surface area contributed by atoms with Crippen LogP contribution in [0.1, 0.15) is 31.2 Å². The van der Waals surface area contributed by atoms with Crippen LogP contribution in [0, 0.1) is 0 Å². The fraction of sp³-hybridized carbons (Fsp3) is 0.400. The molecule has 0 amide bonds. The summed E-state index contributed by atoms with van der Waals surface area (Å²) in [6, 6.07) is 18.8. The first-order valence-electron chi connectivity index (χ1n) is 8.54. The highest BCUT2D eigenvalue weighted by Crippen LogP contribution is 2.21. The van der Waals surface area contributed by atoms with Crippen molar-refractivity contribution in [1.29, 1.82) is 0 Å². The smallest absolute Gasteiger partial charge is 0.123 e. The van der Waals surface area contributed by atoms with Crippen LogP contribution < -0.4 is 14.8 Å². The van der Waals surface area contributed by atoms with Gasteiger partial charge in [-0.15, -0.1) is 0 Å². The minimum absolute atomic E-state index is 0.550. The van der Waals surface area contributed by atoms with E-state index < -0.39 is 0 Å². The topological polar surface area (TPSA) is 30.5 Å². The first-order chi connectivity index (χ1) is 11.4. The van der Waals surface area contributed by atoms with Crippen LogP contribution in [-0.4, -0.2) is 19.3 Å². The van der Waals surface area contributed by atoms with E-state index in [2.05, 4.69) is 17.4 Å². The highest BCUT2D eigenvalue weighted by Gasteiger charge is 2.14. The van der Waals surface area contributed by atoms with Gasteiger partial charge >= 0.3 is 0 Å². The molecule has 3 heteroatoms. The fourth-order valence-electron chi connectivity index (χ4n) is 3.00.